The van der Waals surface area contributed by atoms with Crippen LogP contribution in [0.3, 0.4) is 0 Å². The molecule has 33 heavy (non-hydrogen) atoms. The second-order valence-electron chi connectivity index (χ2n) is 7.04. The van der Waals surface area contributed by atoms with Gasteiger partial charge in [0.1, 0.15) is 18.3 Å². The number of carbonyl (C=O) groups excluding carboxylic acids is 5. The Kier molecular flexibility index (Phi) is 8.82. The van der Waals surface area contributed by atoms with Gasteiger partial charge in [-0.3, -0.25) is 19.2 Å². The van der Waals surface area contributed by atoms with Gasteiger partial charge in [-0.25, -0.2) is 4.79 Å². The van der Waals surface area contributed by atoms with Crippen LogP contribution in [0.15, 0.2) is 24.5 Å². The van der Waals surface area contributed by atoms with E-state index in [4.69, 9.17) is 24.7 Å². The van der Waals surface area contributed by atoms with Crippen LogP contribution in [0.5, 0.6) is 0 Å². The third-order valence-electron chi connectivity index (χ3n) is 4.54. The molecule has 0 bridgehead atoms. The molecule has 1 aromatic rings. The lowest BCUT2D eigenvalue weighted by atomic mass is 10.1. The van der Waals surface area contributed by atoms with Crippen molar-refractivity contribution in [3.63, 3.8) is 0 Å². The van der Waals surface area contributed by atoms with Gasteiger partial charge in [0.05, 0.1) is 13.5 Å². The highest BCUT2D eigenvalue weighted by atomic mass is 16.7. The minimum atomic E-state index is -1.78. The Balaban J connectivity index is 2.27. The van der Waals surface area contributed by atoms with Crippen molar-refractivity contribution in [3.05, 3.63) is 30.1 Å². The number of ether oxygens (including phenoxy) is 5. The van der Waals surface area contributed by atoms with Crippen LogP contribution in [0.4, 0.5) is 0 Å². The quantitative estimate of drug-likeness (QED) is 0.239. The first-order valence-corrected chi connectivity index (χ1v) is 9.75. The molecular weight excluding hydrogens is 444 g/mol. The zero-order chi connectivity index (χ0) is 24.7. The van der Waals surface area contributed by atoms with E-state index in [-0.39, 0.29) is 5.56 Å². The second-order valence-corrected chi connectivity index (χ2v) is 7.04. The first kappa shape index (κ1) is 25.7. The predicted octanol–water partition coefficient (Wildman–Crippen LogP) is -1.70. The van der Waals surface area contributed by atoms with Crippen LogP contribution >= 0.6 is 0 Å². The van der Waals surface area contributed by atoms with Gasteiger partial charge >= 0.3 is 30.1 Å². The van der Waals surface area contributed by atoms with E-state index in [9.17, 15) is 29.1 Å². The average Bonchev–Trinajstić information content (AvgIpc) is 3.07. The molecule has 180 valence electrons. The van der Waals surface area contributed by atoms with E-state index in [0.29, 0.717) is 0 Å². The number of hydrogen-bond donors (Lipinski definition) is 2. The zero-order valence-electron chi connectivity index (χ0n) is 18.2. The number of aromatic nitrogens is 1. The summed E-state index contributed by atoms with van der Waals surface area (Å²) in [5.74, 6) is -4.10. The van der Waals surface area contributed by atoms with Crippen LogP contribution < -0.4 is 10.3 Å². The van der Waals surface area contributed by atoms with E-state index in [1.807, 2.05) is 0 Å². The summed E-state index contributed by atoms with van der Waals surface area (Å²) in [7, 11) is 1.09. The Hall–Kier alpha value is -3.58. The number of aliphatic hydroxyl groups is 1. The van der Waals surface area contributed by atoms with Crippen molar-refractivity contribution in [1.29, 1.82) is 0 Å². The summed E-state index contributed by atoms with van der Waals surface area (Å²) in [6.07, 6.45) is -4.13. The van der Waals surface area contributed by atoms with Gasteiger partial charge in [-0.2, -0.15) is 4.57 Å². The number of pyridine rings is 1. The smallest absolute Gasteiger partial charge is 0.335 e. The molecule has 0 unspecified atom stereocenters. The number of carbonyl (C=O) groups is 5. The molecule has 3 N–H and O–H groups in total. The van der Waals surface area contributed by atoms with Gasteiger partial charge in [-0.05, 0) is 6.07 Å². The van der Waals surface area contributed by atoms with Gasteiger partial charge in [-0.1, -0.05) is 0 Å². The summed E-state index contributed by atoms with van der Waals surface area (Å²) in [5, 5.41) is 9.77. The lowest BCUT2D eigenvalue weighted by Crippen LogP contribution is -2.48. The van der Waals surface area contributed by atoms with Crippen molar-refractivity contribution < 1.29 is 57.3 Å². The molecule has 0 radical (unpaired) electrons. The lowest BCUT2D eigenvalue weighted by Gasteiger charge is -2.21. The maximum Gasteiger partial charge on any atom is 0.335 e. The number of amides is 1. The van der Waals surface area contributed by atoms with E-state index in [1.165, 1.54) is 29.1 Å². The molecule has 1 saturated heterocycles. The standard InChI is InChI=1S/C20H24N2O11/c1-10(23)31-16-14(9-30-20(28)13(25)7-15(26)29-3)33-19(17(16)32-11(2)24)22-6-4-5-12(8-22)18(21)27/h4-6,8,13-14,16-17,19,25H,7,9H2,1-3H3,(H-,21,27)/p+1/t13-,14+,16+,17+,19+/m0/s1. The highest BCUT2D eigenvalue weighted by Gasteiger charge is 2.54. The number of methoxy groups -OCH3 is 1. The third-order valence-corrected chi connectivity index (χ3v) is 4.54. The molecule has 0 aliphatic carbocycles. The van der Waals surface area contributed by atoms with Crippen LogP contribution in [0, 0.1) is 0 Å². The van der Waals surface area contributed by atoms with Crippen molar-refractivity contribution >= 4 is 29.8 Å². The van der Waals surface area contributed by atoms with Crippen molar-refractivity contribution in [1.82, 2.24) is 0 Å². The van der Waals surface area contributed by atoms with Crippen molar-refractivity contribution in [2.45, 2.75) is 50.9 Å². The highest BCUT2D eigenvalue weighted by Crippen LogP contribution is 2.31. The molecule has 1 aromatic heterocycles. The predicted molar refractivity (Wildman–Crippen MR) is 104 cm³/mol. The molecule has 0 spiro atoms. The molecule has 1 fully saturated rings. The number of rotatable bonds is 9. The number of hydrogen-bond acceptors (Lipinski definition) is 11. The van der Waals surface area contributed by atoms with E-state index < -0.39 is 73.5 Å². The number of esters is 4. The van der Waals surface area contributed by atoms with Gasteiger partial charge < -0.3 is 34.5 Å². The van der Waals surface area contributed by atoms with Crippen LogP contribution in [0.25, 0.3) is 0 Å². The molecule has 13 nitrogen and oxygen atoms in total. The summed E-state index contributed by atoms with van der Waals surface area (Å²) >= 11 is 0. The van der Waals surface area contributed by atoms with Crippen LogP contribution in [-0.2, 0) is 42.9 Å². The summed E-state index contributed by atoms with van der Waals surface area (Å²) in [6.45, 7) is 1.75. The monoisotopic (exact) mass is 469 g/mol. The SMILES string of the molecule is COC(=O)C[C@H](O)C(=O)OC[C@H]1O[C@@H]([n+]2cccc(C(N)=O)c2)[C@H](OC(C)=O)[C@@H]1OC(C)=O. The first-order valence-electron chi connectivity index (χ1n) is 9.75. The van der Waals surface area contributed by atoms with Crippen LogP contribution in [0.2, 0.25) is 0 Å². The fraction of sp³-hybridized carbons (Fsp3) is 0.500. The molecule has 1 aliphatic rings. The fourth-order valence-corrected chi connectivity index (χ4v) is 3.12. The Morgan fingerprint density at radius 2 is 1.79 bits per heavy atom. The molecule has 2 heterocycles. The van der Waals surface area contributed by atoms with Crippen molar-refractivity contribution in [2.24, 2.45) is 5.73 Å². The molecule has 1 aliphatic heterocycles. The Labute approximate surface area is 188 Å². The van der Waals surface area contributed by atoms with E-state index in [2.05, 4.69) is 4.74 Å². The number of nitrogens with two attached hydrogens (primary N) is 1. The second kappa shape index (κ2) is 11.3. The zero-order valence-corrected chi connectivity index (χ0v) is 18.2. The first-order chi connectivity index (χ1) is 15.5. The summed E-state index contributed by atoms with van der Waals surface area (Å²) < 4.78 is 27.2. The maximum atomic E-state index is 12.0. The van der Waals surface area contributed by atoms with Crippen LogP contribution in [-0.4, -0.2) is 73.0 Å². The van der Waals surface area contributed by atoms with Gasteiger partial charge in [0.25, 0.3) is 5.91 Å². The van der Waals surface area contributed by atoms with E-state index in [1.54, 1.807) is 0 Å². The Bertz CT molecular complexity index is 919. The maximum absolute atomic E-state index is 12.0. The summed E-state index contributed by atoms with van der Waals surface area (Å²) in [4.78, 5) is 58.2. The number of nitrogens with zero attached hydrogens (tertiary/aromatic N) is 1. The Morgan fingerprint density at radius 1 is 1.15 bits per heavy atom. The molecular formula is C20H25N2O11+. The van der Waals surface area contributed by atoms with Crippen molar-refractivity contribution in [2.75, 3.05) is 13.7 Å². The van der Waals surface area contributed by atoms with E-state index in [0.717, 1.165) is 21.0 Å². The number of aliphatic hydroxyl groups excluding tert-OH is 1. The molecule has 1 amide bonds. The van der Waals surface area contributed by atoms with Gasteiger partial charge in [0.15, 0.2) is 24.6 Å². The summed E-state index contributed by atoms with van der Waals surface area (Å²) in [6, 6.07) is 2.96. The van der Waals surface area contributed by atoms with Crippen molar-refractivity contribution in [3.8, 4) is 0 Å². The molecule has 2 rings (SSSR count). The fourth-order valence-electron chi connectivity index (χ4n) is 3.12. The van der Waals surface area contributed by atoms with Crippen LogP contribution in [0.1, 0.15) is 36.9 Å². The minimum Gasteiger partial charge on any atom is -0.469 e. The molecule has 0 aromatic carbocycles. The van der Waals surface area contributed by atoms with Gasteiger partial charge in [0.2, 0.25) is 6.10 Å². The normalized spacial score (nSPS) is 22.7. The third kappa shape index (κ3) is 6.95. The van der Waals surface area contributed by atoms with Gasteiger partial charge in [-0.15, -0.1) is 0 Å². The van der Waals surface area contributed by atoms with Gasteiger partial charge in [0, 0.05) is 19.9 Å². The lowest BCUT2D eigenvalue weighted by molar-refractivity contribution is -0.765. The highest BCUT2D eigenvalue weighted by molar-refractivity contribution is 5.92. The molecule has 13 heteroatoms. The average molecular weight is 469 g/mol. The van der Waals surface area contributed by atoms with E-state index >= 15 is 0 Å². The summed E-state index contributed by atoms with van der Waals surface area (Å²) in [5.41, 5.74) is 5.44. The largest absolute Gasteiger partial charge is 0.469 e. The molecule has 5 atom stereocenters. The topological polar surface area (TPSA) is 182 Å². The molecule has 0 saturated carbocycles. The number of primary amides is 1. The minimum absolute atomic E-state index is 0.132. The Morgan fingerprint density at radius 3 is 2.36 bits per heavy atom.